The van der Waals surface area contributed by atoms with Crippen LogP contribution < -0.4 is 16.4 Å². The van der Waals surface area contributed by atoms with E-state index in [-0.39, 0.29) is 23.7 Å². The second-order valence-electron chi connectivity index (χ2n) is 5.27. The summed E-state index contributed by atoms with van der Waals surface area (Å²) in [4.78, 5) is 23.2. The molecule has 5 heteroatoms. The number of nitrogens with one attached hydrogen (secondary N) is 2. The Balaban J connectivity index is 2.19. The van der Waals surface area contributed by atoms with E-state index in [9.17, 15) is 9.59 Å². The molecule has 5 nitrogen and oxygen atoms in total. The van der Waals surface area contributed by atoms with E-state index in [1.807, 2.05) is 13.8 Å². The number of hydrogen-bond acceptors (Lipinski definition) is 3. The minimum Gasteiger partial charge on any atom is -0.354 e. The first-order chi connectivity index (χ1) is 8.56. The summed E-state index contributed by atoms with van der Waals surface area (Å²) in [6, 6.07) is 0. The Bertz CT molecular complexity index is 292. The monoisotopic (exact) mass is 255 g/mol. The highest BCUT2D eigenvalue weighted by atomic mass is 16.2. The Morgan fingerprint density at radius 3 is 2.50 bits per heavy atom. The predicted molar refractivity (Wildman–Crippen MR) is 70.7 cm³/mol. The number of amides is 2. The molecule has 4 N–H and O–H groups in total. The van der Waals surface area contributed by atoms with E-state index in [0.717, 1.165) is 19.3 Å². The smallest absolute Gasteiger partial charge is 0.223 e. The van der Waals surface area contributed by atoms with Gasteiger partial charge in [0.1, 0.15) is 0 Å². The van der Waals surface area contributed by atoms with Gasteiger partial charge in [0.15, 0.2) is 0 Å². The molecule has 0 heterocycles. The summed E-state index contributed by atoms with van der Waals surface area (Å²) >= 11 is 0. The van der Waals surface area contributed by atoms with Crippen LogP contribution in [0.1, 0.15) is 33.1 Å². The van der Waals surface area contributed by atoms with Crippen molar-refractivity contribution in [2.24, 2.45) is 23.5 Å². The van der Waals surface area contributed by atoms with Crippen molar-refractivity contribution in [1.82, 2.24) is 10.6 Å². The molecule has 2 atom stereocenters. The number of carbonyl (C=O) groups is 2. The molecule has 1 aliphatic rings. The molecule has 0 bridgehead atoms. The fraction of sp³-hybridized carbons (Fsp3) is 0.846. The van der Waals surface area contributed by atoms with Gasteiger partial charge in [-0.25, -0.2) is 0 Å². The first-order valence-electron chi connectivity index (χ1n) is 6.81. The van der Waals surface area contributed by atoms with Gasteiger partial charge in [-0.2, -0.15) is 0 Å². The van der Waals surface area contributed by atoms with E-state index in [2.05, 4.69) is 10.6 Å². The molecule has 0 radical (unpaired) electrons. The van der Waals surface area contributed by atoms with Gasteiger partial charge in [-0.3, -0.25) is 9.59 Å². The molecule has 104 valence electrons. The maximum atomic E-state index is 11.9. The average molecular weight is 255 g/mol. The van der Waals surface area contributed by atoms with Crippen LogP contribution in [0.25, 0.3) is 0 Å². The van der Waals surface area contributed by atoms with E-state index < -0.39 is 0 Å². The van der Waals surface area contributed by atoms with Gasteiger partial charge >= 0.3 is 0 Å². The SMILES string of the molecule is CC(C)C(=O)NCCNC(=O)C1CCCC1CN. The van der Waals surface area contributed by atoms with Crippen LogP contribution in [0.2, 0.25) is 0 Å². The van der Waals surface area contributed by atoms with Gasteiger partial charge < -0.3 is 16.4 Å². The number of carbonyl (C=O) groups excluding carboxylic acids is 2. The Morgan fingerprint density at radius 2 is 1.89 bits per heavy atom. The van der Waals surface area contributed by atoms with Crippen molar-refractivity contribution in [3.63, 3.8) is 0 Å². The lowest BCUT2D eigenvalue weighted by atomic mass is 9.95. The molecule has 2 amide bonds. The van der Waals surface area contributed by atoms with E-state index in [4.69, 9.17) is 5.73 Å². The Hall–Kier alpha value is -1.10. The van der Waals surface area contributed by atoms with Gasteiger partial charge in [-0.1, -0.05) is 20.3 Å². The lowest BCUT2D eigenvalue weighted by molar-refractivity contribution is -0.127. The summed E-state index contributed by atoms with van der Waals surface area (Å²) in [5.41, 5.74) is 5.65. The Kier molecular flexibility index (Phi) is 6.12. The summed E-state index contributed by atoms with van der Waals surface area (Å²) in [6.45, 7) is 5.26. The van der Waals surface area contributed by atoms with Gasteiger partial charge in [0, 0.05) is 24.9 Å². The van der Waals surface area contributed by atoms with Crippen LogP contribution in [0.3, 0.4) is 0 Å². The van der Waals surface area contributed by atoms with Crippen LogP contribution in [-0.2, 0) is 9.59 Å². The molecule has 1 fully saturated rings. The third-order valence-electron chi connectivity index (χ3n) is 3.55. The molecule has 0 saturated heterocycles. The van der Waals surface area contributed by atoms with Crippen molar-refractivity contribution in [1.29, 1.82) is 0 Å². The van der Waals surface area contributed by atoms with Gasteiger partial charge in [-0.15, -0.1) is 0 Å². The highest BCUT2D eigenvalue weighted by molar-refractivity contribution is 5.79. The first kappa shape index (κ1) is 15.0. The fourth-order valence-electron chi connectivity index (χ4n) is 2.37. The molecule has 0 aromatic carbocycles. The quantitative estimate of drug-likeness (QED) is 0.595. The van der Waals surface area contributed by atoms with Gasteiger partial charge in [0.2, 0.25) is 11.8 Å². The third kappa shape index (κ3) is 4.29. The van der Waals surface area contributed by atoms with Gasteiger partial charge in [0.05, 0.1) is 0 Å². The summed E-state index contributed by atoms with van der Waals surface area (Å²) in [5.74, 6) is 0.481. The second-order valence-corrected chi connectivity index (χ2v) is 5.27. The van der Waals surface area contributed by atoms with Gasteiger partial charge in [0.25, 0.3) is 0 Å². The number of rotatable bonds is 6. The summed E-state index contributed by atoms with van der Waals surface area (Å²) in [5, 5.41) is 5.65. The Labute approximate surface area is 109 Å². The van der Waals surface area contributed by atoms with Crippen molar-refractivity contribution in [2.45, 2.75) is 33.1 Å². The molecule has 1 rings (SSSR count). The van der Waals surface area contributed by atoms with Crippen LogP contribution in [-0.4, -0.2) is 31.4 Å². The second kappa shape index (κ2) is 7.36. The fourth-order valence-corrected chi connectivity index (χ4v) is 2.37. The molecule has 0 spiro atoms. The van der Waals surface area contributed by atoms with E-state index >= 15 is 0 Å². The molecular weight excluding hydrogens is 230 g/mol. The van der Waals surface area contributed by atoms with Crippen LogP contribution in [0.5, 0.6) is 0 Å². The van der Waals surface area contributed by atoms with Crippen molar-refractivity contribution in [2.75, 3.05) is 19.6 Å². The van der Waals surface area contributed by atoms with E-state index in [1.54, 1.807) is 0 Å². The standard InChI is InChI=1S/C13H25N3O2/c1-9(2)12(17)15-6-7-16-13(18)11-5-3-4-10(11)8-14/h9-11H,3-8,14H2,1-2H3,(H,15,17)(H,16,18). The van der Waals surface area contributed by atoms with Crippen molar-refractivity contribution < 1.29 is 9.59 Å². The molecule has 18 heavy (non-hydrogen) atoms. The zero-order valence-electron chi connectivity index (χ0n) is 11.4. The summed E-state index contributed by atoms with van der Waals surface area (Å²) in [6.07, 6.45) is 3.08. The number of nitrogens with two attached hydrogens (primary N) is 1. The molecule has 0 aromatic rings. The largest absolute Gasteiger partial charge is 0.354 e. The summed E-state index contributed by atoms with van der Waals surface area (Å²) < 4.78 is 0. The maximum Gasteiger partial charge on any atom is 0.223 e. The van der Waals surface area contributed by atoms with Crippen LogP contribution in [0, 0.1) is 17.8 Å². The first-order valence-corrected chi connectivity index (χ1v) is 6.81. The minimum absolute atomic E-state index is 0.0165. The lowest BCUT2D eigenvalue weighted by Gasteiger charge is -2.17. The van der Waals surface area contributed by atoms with E-state index in [1.165, 1.54) is 0 Å². The van der Waals surface area contributed by atoms with Crippen LogP contribution >= 0.6 is 0 Å². The normalized spacial score (nSPS) is 23.1. The molecule has 0 aliphatic heterocycles. The van der Waals surface area contributed by atoms with Crippen molar-refractivity contribution >= 4 is 11.8 Å². The lowest BCUT2D eigenvalue weighted by Crippen LogP contribution is -2.40. The average Bonchev–Trinajstić information content (AvgIpc) is 2.82. The zero-order valence-corrected chi connectivity index (χ0v) is 11.4. The predicted octanol–water partition coefficient (Wildman–Crippen LogP) is 0.250. The minimum atomic E-state index is -0.0165. The molecule has 1 saturated carbocycles. The number of hydrogen-bond donors (Lipinski definition) is 3. The van der Waals surface area contributed by atoms with Crippen LogP contribution in [0.15, 0.2) is 0 Å². The zero-order chi connectivity index (χ0) is 13.5. The molecule has 1 aliphatic carbocycles. The third-order valence-corrected chi connectivity index (χ3v) is 3.55. The summed E-state index contributed by atoms with van der Waals surface area (Å²) in [7, 11) is 0. The topological polar surface area (TPSA) is 84.2 Å². The van der Waals surface area contributed by atoms with Crippen molar-refractivity contribution in [3.05, 3.63) is 0 Å². The highest BCUT2D eigenvalue weighted by Gasteiger charge is 2.31. The highest BCUT2D eigenvalue weighted by Crippen LogP contribution is 2.30. The Morgan fingerprint density at radius 1 is 1.22 bits per heavy atom. The van der Waals surface area contributed by atoms with Gasteiger partial charge in [-0.05, 0) is 25.3 Å². The molecule has 2 unspecified atom stereocenters. The molecular formula is C13H25N3O2. The van der Waals surface area contributed by atoms with Crippen molar-refractivity contribution in [3.8, 4) is 0 Å². The maximum absolute atomic E-state index is 11.9. The molecule has 0 aromatic heterocycles. The van der Waals surface area contributed by atoms with Crippen LogP contribution in [0.4, 0.5) is 0 Å². The van der Waals surface area contributed by atoms with E-state index in [0.29, 0.717) is 25.6 Å².